The summed E-state index contributed by atoms with van der Waals surface area (Å²) in [4.78, 5) is 2.76. The van der Waals surface area contributed by atoms with Crippen LogP contribution in [0.25, 0.3) is 0 Å². The molecular formula is C13H26N2. The van der Waals surface area contributed by atoms with Crippen molar-refractivity contribution in [1.82, 2.24) is 10.2 Å². The summed E-state index contributed by atoms with van der Waals surface area (Å²) in [5.74, 6) is 1.79. The minimum absolute atomic E-state index is 0.882. The molecule has 1 N–H and O–H groups in total. The first kappa shape index (κ1) is 11.4. The number of nitrogens with one attached hydrogen (secondary N) is 1. The third-order valence-corrected chi connectivity index (χ3v) is 4.01. The molecule has 1 aliphatic heterocycles. The summed E-state index contributed by atoms with van der Waals surface area (Å²) in [6, 6.07) is 0.948. The van der Waals surface area contributed by atoms with Gasteiger partial charge >= 0.3 is 0 Å². The second-order valence-corrected chi connectivity index (χ2v) is 5.48. The van der Waals surface area contributed by atoms with Crippen LogP contribution in [0.5, 0.6) is 0 Å². The summed E-state index contributed by atoms with van der Waals surface area (Å²) < 4.78 is 0. The van der Waals surface area contributed by atoms with Gasteiger partial charge in [-0.1, -0.05) is 20.3 Å². The Kier molecular flexibility index (Phi) is 4.04. The van der Waals surface area contributed by atoms with E-state index in [-0.39, 0.29) is 0 Å². The number of rotatable bonds is 6. The normalized spacial score (nSPS) is 31.4. The standard InChI is InChI=1S/C13H26N2/c1-3-4-7-15(13-5-6-13)10-12-9-14-8-11(12)2/h11-14H,3-10H2,1-2H3. The van der Waals surface area contributed by atoms with Crippen molar-refractivity contribution in [3.8, 4) is 0 Å². The van der Waals surface area contributed by atoms with Crippen molar-refractivity contribution in [2.75, 3.05) is 26.2 Å². The molecule has 1 saturated carbocycles. The molecule has 0 aromatic heterocycles. The lowest BCUT2D eigenvalue weighted by molar-refractivity contribution is 0.206. The zero-order valence-electron chi connectivity index (χ0n) is 10.3. The fraction of sp³-hybridized carbons (Fsp3) is 1.00. The smallest absolute Gasteiger partial charge is 0.00965 e. The Morgan fingerprint density at radius 1 is 1.27 bits per heavy atom. The van der Waals surface area contributed by atoms with Crippen molar-refractivity contribution in [3.05, 3.63) is 0 Å². The van der Waals surface area contributed by atoms with E-state index in [9.17, 15) is 0 Å². The SMILES string of the molecule is CCCCN(CC1CNCC1C)C1CC1. The third kappa shape index (κ3) is 3.18. The fourth-order valence-corrected chi connectivity index (χ4v) is 2.63. The van der Waals surface area contributed by atoms with E-state index in [1.165, 1.54) is 51.9 Å². The van der Waals surface area contributed by atoms with E-state index in [1.54, 1.807) is 0 Å². The Balaban J connectivity index is 1.77. The zero-order chi connectivity index (χ0) is 10.7. The summed E-state index contributed by atoms with van der Waals surface area (Å²) in [6.45, 7) is 9.86. The van der Waals surface area contributed by atoms with Gasteiger partial charge in [0.05, 0.1) is 0 Å². The van der Waals surface area contributed by atoms with E-state index in [2.05, 4.69) is 24.1 Å². The summed E-state index contributed by atoms with van der Waals surface area (Å²) in [5.41, 5.74) is 0. The van der Waals surface area contributed by atoms with Gasteiger partial charge in [-0.2, -0.15) is 0 Å². The second kappa shape index (κ2) is 5.31. The zero-order valence-corrected chi connectivity index (χ0v) is 10.3. The lowest BCUT2D eigenvalue weighted by Gasteiger charge is -2.26. The van der Waals surface area contributed by atoms with Crippen molar-refractivity contribution in [1.29, 1.82) is 0 Å². The average Bonchev–Trinajstić information content (AvgIpc) is 2.99. The van der Waals surface area contributed by atoms with Crippen LogP contribution < -0.4 is 5.32 Å². The van der Waals surface area contributed by atoms with E-state index in [0.717, 1.165) is 17.9 Å². The van der Waals surface area contributed by atoms with Crippen LogP contribution >= 0.6 is 0 Å². The third-order valence-electron chi connectivity index (χ3n) is 4.01. The molecule has 2 unspecified atom stereocenters. The molecule has 0 aromatic carbocycles. The molecule has 0 radical (unpaired) electrons. The van der Waals surface area contributed by atoms with Gasteiger partial charge < -0.3 is 10.2 Å². The van der Waals surface area contributed by atoms with Crippen LogP contribution in [0.15, 0.2) is 0 Å². The molecule has 2 heteroatoms. The highest BCUT2D eigenvalue weighted by Crippen LogP contribution is 2.29. The molecular weight excluding hydrogens is 184 g/mol. The summed E-state index contributed by atoms with van der Waals surface area (Å²) >= 11 is 0. The minimum Gasteiger partial charge on any atom is -0.316 e. The number of hydrogen-bond acceptors (Lipinski definition) is 2. The molecule has 2 atom stereocenters. The predicted octanol–water partition coefficient (Wildman–Crippen LogP) is 2.11. The Labute approximate surface area is 94.4 Å². The fourth-order valence-electron chi connectivity index (χ4n) is 2.63. The van der Waals surface area contributed by atoms with Crippen LogP contribution in [-0.2, 0) is 0 Å². The van der Waals surface area contributed by atoms with Gasteiger partial charge in [0.25, 0.3) is 0 Å². The highest BCUT2D eigenvalue weighted by Gasteiger charge is 2.32. The average molecular weight is 210 g/mol. The lowest BCUT2D eigenvalue weighted by Crippen LogP contribution is -2.34. The highest BCUT2D eigenvalue weighted by atomic mass is 15.2. The van der Waals surface area contributed by atoms with Crippen molar-refractivity contribution in [3.63, 3.8) is 0 Å². The van der Waals surface area contributed by atoms with Crippen LogP contribution in [0.2, 0.25) is 0 Å². The highest BCUT2D eigenvalue weighted by molar-refractivity contribution is 4.88. The van der Waals surface area contributed by atoms with Crippen molar-refractivity contribution < 1.29 is 0 Å². The lowest BCUT2D eigenvalue weighted by atomic mass is 9.97. The topological polar surface area (TPSA) is 15.3 Å². The van der Waals surface area contributed by atoms with E-state index in [0.29, 0.717) is 0 Å². The van der Waals surface area contributed by atoms with Gasteiger partial charge in [-0.15, -0.1) is 0 Å². The predicted molar refractivity (Wildman–Crippen MR) is 65.0 cm³/mol. The minimum atomic E-state index is 0.882. The van der Waals surface area contributed by atoms with Gasteiger partial charge in [-0.25, -0.2) is 0 Å². The molecule has 0 bridgehead atoms. The second-order valence-electron chi connectivity index (χ2n) is 5.48. The van der Waals surface area contributed by atoms with Gasteiger partial charge in [0.2, 0.25) is 0 Å². The summed E-state index contributed by atoms with van der Waals surface area (Å²) in [5, 5.41) is 3.52. The maximum Gasteiger partial charge on any atom is 0.00965 e. The number of nitrogens with zero attached hydrogens (tertiary/aromatic N) is 1. The molecule has 88 valence electrons. The molecule has 1 aliphatic carbocycles. The monoisotopic (exact) mass is 210 g/mol. The Bertz CT molecular complexity index is 189. The van der Waals surface area contributed by atoms with Crippen molar-refractivity contribution in [2.45, 2.75) is 45.6 Å². The van der Waals surface area contributed by atoms with Crippen LogP contribution in [-0.4, -0.2) is 37.1 Å². The maximum absolute atomic E-state index is 3.52. The van der Waals surface area contributed by atoms with Gasteiger partial charge in [-0.3, -0.25) is 0 Å². The summed E-state index contributed by atoms with van der Waals surface area (Å²) in [7, 11) is 0. The van der Waals surface area contributed by atoms with Gasteiger partial charge in [-0.05, 0) is 50.7 Å². The molecule has 2 aliphatic rings. The molecule has 0 amide bonds. The first-order valence-electron chi connectivity index (χ1n) is 6.76. The quantitative estimate of drug-likeness (QED) is 0.722. The van der Waals surface area contributed by atoms with Crippen molar-refractivity contribution in [2.24, 2.45) is 11.8 Å². The van der Waals surface area contributed by atoms with Crippen LogP contribution in [0, 0.1) is 11.8 Å². The Hall–Kier alpha value is -0.0800. The molecule has 2 rings (SSSR count). The molecule has 0 spiro atoms. The van der Waals surface area contributed by atoms with E-state index in [1.807, 2.05) is 0 Å². The van der Waals surface area contributed by atoms with Gasteiger partial charge in [0.15, 0.2) is 0 Å². The molecule has 2 fully saturated rings. The Morgan fingerprint density at radius 2 is 2.07 bits per heavy atom. The number of hydrogen-bond donors (Lipinski definition) is 1. The first-order valence-corrected chi connectivity index (χ1v) is 6.76. The summed E-state index contributed by atoms with van der Waals surface area (Å²) in [6.07, 6.45) is 5.63. The molecule has 0 aromatic rings. The van der Waals surface area contributed by atoms with Crippen LogP contribution in [0.1, 0.15) is 39.5 Å². The molecule has 15 heavy (non-hydrogen) atoms. The van der Waals surface area contributed by atoms with E-state index in [4.69, 9.17) is 0 Å². The van der Waals surface area contributed by atoms with Crippen molar-refractivity contribution >= 4 is 0 Å². The van der Waals surface area contributed by atoms with Crippen LogP contribution in [0.3, 0.4) is 0 Å². The molecule has 1 heterocycles. The number of unbranched alkanes of at least 4 members (excludes halogenated alkanes) is 1. The Morgan fingerprint density at radius 3 is 2.60 bits per heavy atom. The maximum atomic E-state index is 3.52. The molecule has 1 saturated heterocycles. The van der Waals surface area contributed by atoms with E-state index < -0.39 is 0 Å². The van der Waals surface area contributed by atoms with Crippen LogP contribution in [0.4, 0.5) is 0 Å². The van der Waals surface area contributed by atoms with E-state index >= 15 is 0 Å². The van der Waals surface area contributed by atoms with Gasteiger partial charge in [0, 0.05) is 12.6 Å². The first-order chi connectivity index (χ1) is 7.31. The molecule has 2 nitrogen and oxygen atoms in total. The largest absolute Gasteiger partial charge is 0.316 e. The van der Waals surface area contributed by atoms with Gasteiger partial charge in [0.1, 0.15) is 0 Å².